The summed E-state index contributed by atoms with van der Waals surface area (Å²) in [5.41, 5.74) is 3.47. The molecular formula is C25H33N5O. The van der Waals surface area contributed by atoms with Gasteiger partial charge in [-0.3, -0.25) is 14.7 Å². The number of amides is 1. The van der Waals surface area contributed by atoms with Gasteiger partial charge in [-0.1, -0.05) is 48.5 Å². The summed E-state index contributed by atoms with van der Waals surface area (Å²) in [6.07, 6.45) is 2.91. The van der Waals surface area contributed by atoms with Crippen molar-refractivity contribution >= 4 is 17.6 Å². The number of carbonyl (C=O) groups excluding carboxylic acids is 1. The number of benzene rings is 2. The lowest BCUT2D eigenvalue weighted by Gasteiger charge is -2.27. The third-order valence-corrected chi connectivity index (χ3v) is 6.15. The highest BCUT2D eigenvalue weighted by atomic mass is 16.1. The maximum atomic E-state index is 12.1. The average Bonchev–Trinajstić information content (AvgIpc) is 3.23. The van der Waals surface area contributed by atoms with Crippen molar-refractivity contribution < 1.29 is 4.79 Å². The van der Waals surface area contributed by atoms with Gasteiger partial charge in [0, 0.05) is 43.7 Å². The molecule has 1 fully saturated rings. The molecule has 1 saturated heterocycles. The molecule has 0 radical (unpaired) electrons. The zero-order valence-corrected chi connectivity index (χ0v) is 18.3. The smallest absolute Gasteiger partial charge is 0.225 e. The molecule has 0 aliphatic carbocycles. The fourth-order valence-corrected chi connectivity index (χ4v) is 4.57. The lowest BCUT2D eigenvalue weighted by Crippen LogP contribution is -2.41. The van der Waals surface area contributed by atoms with Crippen LogP contribution >= 0.6 is 0 Å². The number of rotatable bonds is 7. The monoisotopic (exact) mass is 419 g/mol. The van der Waals surface area contributed by atoms with Crippen molar-refractivity contribution in [3.8, 4) is 0 Å². The SMILES string of the molecule is CCNC(=NCC1CCCN1Cc1ccccc1)NCC1CC(=O)Nc2ccccc21. The van der Waals surface area contributed by atoms with E-state index in [9.17, 15) is 4.79 Å². The number of nitrogens with one attached hydrogen (secondary N) is 3. The van der Waals surface area contributed by atoms with Crippen molar-refractivity contribution in [1.29, 1.82) is 0 Å². The highest BCUT2D eigenvalue weighted by Gasteiger charge is 2.26. The van der Waals surface area contributed by atoms with Gasteiger partial charge >= 0.3 is 0 Å². The number of likely N-dealkylation sites (tertiary alicyclic amines) is 1. The van der Waals surface area contributed by atoms with Crippen LogP contribution in [-0.2, 0) is 11.3 Å². The first-order valence-corrected chi connectivity index (χ1v) is 11.4. The first-order chi connectivity index (χ1) is 15.2. The van der Waals surface area contributed by atoms with Gasteiger partial charge in [-0.25, -0.2) is 0 Å². The molecule has 31 heavy (non-hydrogen) atoms. The van der Waals surface area contributed by atoms with Crippen LogP contribution in [0, 0.1) is 0 Å². The van der Waals surface area contributed by atoms with E-state index in [-0.39, 0.29) is 11.8 Å². The zero-order valence-electron chi connectivity index (χ0n) is 18.3. The van der Waals surface area contributed by atoms with E-state index >= 15 is 0 Å². The first-order valence-electron chi connectivity index (χ1n) is 11.4. The third kappa shape index (κ3) is 5.64. The van der Waals surface area contributed by atoms with E-state index in [1.807, 2.05) is 18.2 Å². The molecular weight excluding hydrogens is 386 g/mol. The van der Waals surface area contributed by atoms with E-state index in [2.05, 4.69) is 64.2 Å². The van der Waals surface area contributed by atoms with Crippen molar-refractivity contribution in [3.05, 3.63) is 65.7 Å². The Kier molecular flexibility index (Phi) is 7.20. The number of hydrogen-bond donors (Lipinski definition) is 3. The molecule has 6 heteroatoms. The number of para-hydroxylation sites is 1. The van der Waals surface area contributed by atoms with Gasteiger partial charge in [-0.05, 0) is 43.5 Å². The number of carbonyl (C=O) groups is 1. The number of nitrogens with zero attached hydrogens (tertiary/aromatic N) is 2. The molecule has 2 heterocycles. The Hall–Kier alpha value is -2.86. The minimum Gasteiger partial charge on any atom is -0.357 e. The van der Waals surface area contributed by atoms with E-state index in [4.69, 9.17) is 4.99 Å². The van der Waals surface area contributed by atoms with E-state index in [0.29, 0.717) is 19.0 Å². The van der Waals surface area contributed by atoms with Crippen LogP contribution in [0.2, 0.25) is 0 Å². The molecule has 0 bridgehead atoms. The minimum absolute atomic E-state index is 0.0787. The molecule has 2 aromatic carbocycles. The van der Waals surface area contributed by atoms with Crippen LogP contribution in [0.5, 0.6) is 0 Å². The molecule has 2 atom stereocenters. The van der Waals surface area contributed by atoms with Crippen LogP contribution in [0.15, 0.2) is 59.6 Å². The topological polar surface area (TPSA) is 68.8 Å². The van der Waals surface area contributed by atoms with Crippen molar-refractivity contribution in [2.24, 2.45) is 4.99 Å². The fraction of sp³-hybridized carbons (Fsp3) is 0.440. The number of aliphatic imine (C=N–C) groups is 1. The third-order valence-electron chi connectivity index (χ3n) is 6.15. The number of hydrogen-bond acceptors (Lipinski definition) is 3. The molecule has 0 aromatic heterocycles. The molecule has 2 unspecified atom stereocenters. The van der Waals surface area contributed by atoms with E-state index in [0.717, 1.165) is 37.8 Å². The van der Waals surface area contributed by atoms with Crippen LogP contribution in [-0.4, -0.2) is 49.0 Å². The van der Waals surface area contributed by atoms with Gasteiger partial charge < -0.3 is 16.0 Å². The van der Waals surface area contributed by atoms with Crippen molar-refractivity contribution in [1.82, 2.24) is 15.5 Å². The second kappa shape index (κ2) is 10.4. The standard InChI is InChI=1S/C25H33N5O/c1-2-26-25(27-16-20-15-24(31)29-23-13-7-6-12-22(20)23)28-17-21-11-8-14-30(21)18-19-9-4-3-5-10-19/h3-7,9-10,12-13,20-21H,2,8,11,14-18H2,1H3,(H,29,31)(H2,26,27,28). The van der Waals surface area contributed by atoms with Crippen LogP contribution in [0.3, 0.4) is 0 Å². The van der Waals surface area contributed by atoms with Gasteiger partial charge in [-0.15, -0.1) is 0 Å². The van der Waals surface area contributed by atoms with Gasteiger partial charge in [0.05, 0.1) is 6.54 Å². The molecule has 6 nitrogen and oxygen atoms in total. The number of guanidine groups is 1. The van der Waals surface area contributed by atoms with Gasteiger partial charge in [0.15, 0.2) is 5.96 Å². The predicted molar refractivity (Wildman–Crippen MR) is 126 cm³/mol. The molecule has 164 valence electrons. The predicted octanol–water partition coefficient (Wildman–Crippen LogP) is 3.33. The van der Waals surface area contributed by atoms with Crippen molar-refractivity contribution in [2.45, 2.75) is 44.7 Å². The maximum Gasteiger partial charge on any atom is 0.225 e. The average molecular weight is 420 g/mol. The molecule has 0 spiro atoms. The fourth-order valence-electron chi connectivity index (χ4n) is 4.57. The summed E-state index contributed by atoms with van der Waals surface area (Å²) in [6, 6.07) is 19.2. The summed E-state index contributed by atoms with van der Waals surface area (Å²) in [4.78, 5) is 19.5. The normalized spacial score (nSPS) is 21.5. The zero-order chi connectivity index (χ0) is 21.5. The Balaban J connectivity index is 1.37. The summed E-state index contributed by atoms with van der Waals surface area (Å²) in [5.74, 6) is 1.06. The second-order valence-corrected chi connectivity index (χ2v) is 8.39. The van der Waals surface area contributed by atoms with E-state index in [1.165, 1.54) is 24.0 Å². The maximum absolute atomic E-state index is 12.1. The van der Waals surface area contributed by atoms with Gasteiger partial charge in [-0.2, -0.15) is 0 Å². The van der Waals surface area contributed by atoms with E-state index in [1.54, 1.807) is 0 Å². The van der Waals surface area contributed by atoms with Gasteiger partial charge in [0.2, 0.25) is 5.91 Å². The molecule has 0 saturated carbocycles. The minimum atomic E-state index is 0.0787. The molecule has 4 rings (SSSR count). The lowest BCUT2D eigenvalue weighted by molar-refractivity contribution is -0.116. The van der Waals surface area contributed by atoms with Crippen LogP contribution in [0.25, 0.3) is 0 Å². The molecule has 2 aromatic rings. The summed E-state index contributed by atoms with van der Waals surface area (Å²) in [5, 5.41) is 9.82. The largest absolute Gasteiger partial charge is 0.357 e. The Labute approximate surface area is 185 Å². The molecule has 3 N–H and O–H groups in total. The van der Waals surface area contributed by atoms with Gasteiger partial charge in [0.1, 0.15) is 0 Å². The van der Waals surface area contributed by atoms with Crippen LogP contribution in [0.4, 0.5) is 5.69 Å². The van der Waals surface area contributed by atoms with Gasteiger partial charge in [0.25, 0.3) is 0 Å². The Morgan fingerprint density at radius 1 is 1.13 bits per heavy atom. The summed E-state index contributed by atoms with van der Waals surface area (Å²) in [6.45, 7) is 6.48. The summed E-state index contributed by atoms with van der Waals surface area (Å²) >= 11 is 0. The molecule has 1 amide bonds. The highest BCUT2D eigenvalue weighted by Crippen LogP contribution is 2.31. The lowest BCUT2D eigenvalue weighted by atomic mass is 9.90. The highest BCUT2D eigenvalue weighted by molar-refractivity contribution is 5.94. The molecule has 2 aliphatic heterocycles. The van der Waals surface area contributed by atoms with Crippen molar-refractivity contribution in [2.75, 3.05) is 31.5 Å². The summed E-state index contributed by atoms with van der Waals surface area (Å²) in [7, 11) is 0. The van der Waals surface area contributed by atoms with E-state index < -0.39 is 0 Å². The quantitative estimate of drug-likeness (QED) is 0.476. The summed E-state index contributed by atoms with van der Waals surface area (Å²) < 4.78 is 0. The Bertz CT molecular complexity index is 898. The Morgan fingerprint density at radius 2 is 1.94 bits per heavy atom. The number of fused-ring (bicyclic) bond motifs is 1. The Morgan fingerprint density at radius 3 is 2.77 bits per heavy atom. The number of anilines is 1. The first kappa shape index (κ1) is 21.4. The second-order valence-electron chi connectivity index (χ2n) is 8.39. The van der Waals surface area contributed by atoms with Crippen LogP contribution < -0.4 is 16.0 Å². The molecule has 2 aliphatic rings. The van der Waals surface area contributed by atoms with Crippen molar-refractivity contribution in [3.63, 3.8) is 0 Å². The van der Waals surface area contributed by atoms with Crippen LogP contribution in [0.1, 0.15) is 43.2 Å².